The number of methoxy groups -OCH3 is 1. The fraction of sp³-hybridized carbons (Fsp3) is 0.167. The average Bonchev–Trinajstić information content (AvgIpc) is 2.90. The summed E-state index contributed by atoms with van der Waals surface area (Å²) >= 11 is 7.58. The highest BCUT2D eigenvalue weighted by atomic mass is 35.5. The number of anilines is 1. The number of benzene rings is 1. The van der Waals surface area contributed by atoms with Crippen LogP contribution in [0.5, 0.6) is 0 Å². The Hall–Kier alpha value is -1.59. The van der Waals surface area contributed by atoms with Gasteiger partial charge >= 0.3 is 5.97 Å². The lowest BCUT2D eigenvalue weighted by molar-refractivity contribution is 0.0601. The lowest BCUT2D eigenvalue weighted by atomic mass is 10.2. The SMILES string of the molecule is COC(=O)c1ccc(Cl)c(NCc2cscn2)c1. The number of nitrogens with one attached hydrogen (secondary N) is 1. The molecule has 1 aromatic carbocycles. The molecule has 0 aliphatic rings. The Morgan fingerprint density at radius 3 is 3.06 bits per heavy atom. The van der Waals surface area contributed by atoms with Crippen molar-refractivity contribution in [2.45, 2.75) is 6.54 Å². The molecule has 0 aliphatic carbocycles. The number of ether oxygens (including phenoxy) is 1. The molecular formula is C12H11ClN2O2S. The van der Waals surface area contributed by atoms with Crippen LogP contribution in [0.1, 0.15) is 16.1 Å². The highest BCUT2D eigenvalue weighted by Crippen LogP contribution is 2.24. The summed E-state index contributed by atoms with van der Waals surface area (Å²) in [5, 5.41) is 5.64. The molecular weight excluding hydrogens is 272 g/mol. The van der Waals surface area contributed by atoms with E-state index in [0.717, 1.165) is 5.69 Å². The van der Waals surface area contributed by atoms with Crippen molar-refractivity contribution in [1.82, 2.24) is 4.98 Å². The maximum atomic E-state index is 11.4. The van der Waals surface area contributed by atoms with Crippen LogP contribution in [-0.2, 0) is 11.3 Å². The molecule has 0 unspecified atom stereocenters. The fourth-order valence-corrected chi connectivity index (χ4v) is 2.16. The van der Waals surface area contributed by atoms with Crippen LogP contribution in [0.3, 0.4) is 0 Å². The molecule has 1 aromatic heterocycles. The average molecular weight is 283 g/mol. The molecule has 0 amide bonds. The van der Waals surface area contributed by atoms with Crippen molar-refractivity contribution < 1.29 is 9.53 Å². The molecule has 0 radical (unpaired) electrons. The summed E-state index contributed by atoms with van der Waals surface area (Å²) in [6, 6.07) is 4.96. The summed E-state index contributed by atoms with van der Waals surface area (Å²) in [4.78, 5) is 15.6. The van der Waals surface area contributed by atoms with E-state index < -0.39 is 0 Å². The molecule has 0 bridgehead atoms. The van der Waals surface area contributed by atoms with Crippen LogP contribution in [0.25, 0.3) is 0 Å². The molecule has 2 rings (SSSR count). The molecule has 0 saturated heterocycles. The number of nitrogens with zero attached hydrogens (tertiary/aromatic N) is 1. The van der Waals surface area contributed by atoms with E-state index in [0.29, 0.717) is 22.8 Å². The first-order chi connectivity index (χ1) is 8.70. The predicted molar refractivity (Wildman–Crippen MR) is 72.2 cm³/mol. The van der Waals surface area contributed by atoms with Crippen molar-refractivity contribution in [3.63, 3.8) is 0 Å². The molecule has 1 N–H and O–H groups in total. The molecule has 0 fully saturated rings. The summed E-state index contributed by atoms with van der Waals surface area (Å²) in [5.74, 6) is -0.386. The summed E-state index contributed by atoms with van der Waals surface area (Å²) in [7, 11) is 1.35. The van der Waals surface area contributed by atoms with Crippen LogP contribution < -0.4 is 5.32 Å². The number of aromatic nitrogens is 1. The van der Waals surface area contributed by atoms with Crippen LogP contribution >= 0.6 is 22.9 Å². The molecule has 6 heteroatoms. The van der Waals surface area contributed by atoms with Crippen LogP contribution in [0.4, 0.5) is 5.69 Å². The number of thiazole rings is 1. The van der Waals surface area contributed by atoms with Crippen LogP contribution in [0.2, 0.25) is 5.02 Å². The van der Waals surface area contributed by atoms with E-state index in [4.69, 9.17) is 11.6 Å². The maximum absolute atomic E-state index is 11.4. The summed E-state index contributed by atoms with van der Waals surface area (Å²) in [6.07, 6.45) is 0. The Labute approximate surface area is 114 Å². The molecule has 1 heterocycles. The van der Waals surface area contributed by atoms with Gasteiger partial charge < -0.3 is 10.1 Å². The maximum Gasteiger partial charge on any atom is 0.337 e. The first kappa shape index (κ1) is 12.9. The molecule has 94 valence electrons. The number of carbonyl (C=O) groups is 1. The van der Waals surface area contributed by atoms with Crippen molar-refractivity contribution in [2.24, 2.45) is 0 Å². The minimum absolute atomic E-state index is 0.386. The Balaban J connectivity index is 2.13. The monoisotopic (exact) mass is 282 g/mol. The first-order valence-electron chi connectivity index (χ1n) is 5.19. The largest absolute Gasteiger partial charge is 0.465 e. The van der Waals surface area contributed by atoms with Crippen molar-refractivity contribution in [3.8, 4) is 0 Å². The van der Waals surface area contributed by atoms with Gasteiger partial charge in [-0.05, 0) is 18.2 Å². The molecule has 0 saturated carbocycles. The van der Waals surface area contributed by atoms with Crippen LogP contribution in [0, 0.1) is 0 Å². The second-order valence-corrected chi connectivity index (χ2v) is 4.65. The zero-order valence-corrected chi connectivity index (χ0v) is 11.2. The number of hydrogen-bond donors (Lipinski definition) is 1. The predicted octanol–water partition coefficient (Wildman–Crippen LogP) is 3.20. The van der Waals surface area contributed by atoms with E-state index in [1.165, 1.54) is 18.4 Å². The lowest BCUT2D eigenvalue weighted by Crippen LogP contribution is -2.04. The summed E-state index contributed by atoms with van der Waals surface area (Å²) < 4.78 is 4.66. The van der Waals surface area contributed by atoms with Gasteiger partial charge in [-0.25, -0.2) is 9.78 Å². The van der Waals surface area contributed by atoms with Gasteiger partial charge in [0.05, 0.1) is 41.1 Å². The second kappa shape index (κ2) is 5.84. The normalized spacial score (nSPS) is 10.1. The highest BCUT2D eigenvalue weighted by Gasteiger charge is 2.08. The van der Waals surface area contributed by atoms with Gasteiger partial charge in [-0.3, -0.25) is 0 Å². The Morgan fingerprint density at radius 1 is 1.56 bits per heavy atom. The minimum atomic E-state index is -0.386. The zero-order valence-electron chi connectivity index (χ0n) is 9.64. The first-order valence-corrected chi connectivity index (χ1v) is 6.51. The number of rotatable bonds is 4. The summed E-state index contributed by atoms with van der Waals surface area (Å²) in [5.41, 5.74) is 3.85. The number of hydrogen-bond acceptors (Lipinski definition) is 5. The highest BCUT2D eigenvalue weighted by molar-refractivity contribution is 7.07. The van der Waals surface area contributed by atoms with Crippen molar-refractivity contribution in [3.05, 3.63) is 45.4 Å². The lowest BCUT2D eigenvalue weighted by Gasteiger charge is -2.08. The van der Waals surface area contributed by atoms with Gasteiger partial charge in [-0.1, -0.05) is 11.6 Å². The quantitative estimate of drug-likeness (QED) is 0.875. The minimum Gasteiger partial charge on any atom is -0.465 e. The third kappa shape index (κ3) is 3.00. The van der Waals surface area contributed by atoms with E-state index in [1.54, 1.807) is 23.7 Å². The van der Waals surface area contributed by atoms with Gasteiger partial charge in [-0.15, -0.1) is 11.3 Å². The zero-order chi connectivity index (χ0) is 13.0. The van der Waals surface area contributed by atoms with Crippen molar-refractivity contribution in [1.29, 1.82) is 0 Å². The third-order valence-corrected chi connectivity index (χ3v) is 3.30. The molecule has 18 heavy (non-hydrogen) atoms. The molecule has 2 aromatic rings. The van der Waals surface area contributed by atoms with Gasteiger partial charge in [0.2, 0.25) is 0 Å². The Morgan fingerprint density at radius 2 is 2.39 bits per heavy atom. The van der Waals surface area contributed by atoms with Gasteiger partial charge in [0.1, 0.15) is 0 Å². The van der Waals surface area contributed by atoms with Gasteiger partial charge in [-0.2, -0.15) is 0 Å². The van der Waals surface area contributed by atoms with E-state index in [2.05, 4.69) is 15.0 Å². The van der Waals surface area contributed by atoms with E-state index >= 15 is 0 Å². The Bertz CT molecular complexity index is 543. The number of carbonyl (C=O) groups excluding carboxylic acids is 1. The van der Waals surface area contributed by atoms with Crippen LogP contribution in [-0.4, -0.2) is 18.1 Å². The van der Waals surface area contributed by atoms with E-state index in [9.17, 15) is 4.79 Å². The number of halogens is 1. The smallest absolute Gasteiger partial charge is 0.337 e. The molecule has 0 spiro atoms. The van der Waals surface area contributed by atoms with Crippen LogP contribution in [0.15, 0.2) is 29.1 Å². The van der Waals surface area contributed by atoms with Gasteiger partial charge in [0, 0.05) is 5.38 Å². The van der Waals surface area contributed by atoms with Gasteiger partial charge in [0.15, 0.2) is 0 Å². The molecule has 4 nitrogen and oxygen atoms in total. The fourth-order valence-electron chi connectivity index (χ4n) is 1.42. The summed E-state index contributed by atoms with van der Waals surface area (Å²) in [6.45, 7) is 0.563. The Kier molecular flexibility index (Phi) is 4.17. The van der Waals surface area contributed by atoms with E-state index in [-0.39, 0.29) is 5.97 Å². The standard InChI is InChI=1S/C12H11ClN2O2S/c1-17-12(16)8-2-3-10(13)11(4-8)14-5-9-6-18-7-15-9/h2-4,6-7,14H,5H2,1H3. The third-order valence-electron chi connectivity index (χ3n) is 2.33. The second-order valence-electron chi connectivity index (χ2n) is 3.52. The van der Waals surface area contributed by atoms with Gasteiger partial charge in [0.25, 0.3) is 0 Å². The van der Waals surface area contributed by atoms with Crippen molar-refractivity contribution in [2.75, 3.05) is 12.4 Å². The number of esters is 1. The topological polar surface area (TPSA) is 51.2 Å². The van der Waals surface area contributed by atoms with Crippen molar-refractivity contribution >= 4 is 34.6 Å². The molecule has 0 aliphatic heterocycles. The molecule has 0 atom stereocenters. The van der Waals surface area contributed by atoms with E-state index in [1.807, 2.05) is 5.38 Å².